The van der Waals surface area contributed by atoms with Gasteiger partial charge in [0.15, 0.2) is 0 Å². The Morgan fingerprint density at radius 1 is 1.16 bits per heavy atom. The summed E-state index contributed by atoms with van der Waals surface area (Å²) in [6.07, 6.45) is 1.68. The van der Waals surface area contributed by atoms with Crippen LogP contribution in [0.5, 0.6) is 0 Å². The van der Waals surface area contributed by atoms with Crippen LogP contribution in [-0.2, 0) is 11.2 Å². The molecule has 0 fully saturated rings. The zero-order valence-electron chi connectivity index (χ0n) is 11.2. The number of aryl methyl sites for hydroxylation is 1. The Balaban J connectivity index is 2.29. The number of amides is 2. The van der Waals surface area contributed by atoms with Crippen molar-refractivity contribution in [3.8, 4) is 0 Å². The first-order valence-electron chi connectivity index (χ1n) is 6.33. The molecular weight excluding hydrogens is 244 g/mol. The highest BCUT2D eigenvalue weighted by Crippen LogP contribution is 2.04. The highest BCUT2D eigenvalue weighted by Gasteiger charge is 2.14. The first-order chi connectivity index (χ1) is 8.99. The highest BCUT2D eigenvalue weighted by molar-refractivity contribution is 5.82. The zero-order chi connectivity index (χ0) is 14.3. The first kappa shape index (κ1) is 15.0. The number of carboxylic acids is 1. The molecule has 5 nitrogen and oxygen atoms in total. The topological polar surface area (TPSA) is 78.4 Å². The van der Waals surface area contributed by atoms with E-state index in [0.29, 0.717) is 0 Å². The number of carbonyl (C=O) groups excluding carboxylic acids is 1. The van der Waals surface area contributed by atoms with Crippen LogP contribution in [-0.4, -0.2) is 29.2 Å². The second-order valence-corrected chi connectivity index (χ2v) is 4.60. The van der Waals surface area contributed by atoms with Crippen molar-refractivity contribution >= 4 is 12.0 Å². The van der Waals surface area contributed by atoms with Gasteiger partial charge >= 0.3 is 12.0 Å². The molecule has 19 heavy (non-hydrogen) atoms. The van der Waals surface area contributed by atoms with E-state index in [4.69, 9.17) is 5.11 Å². The average Bonchev–Trinajstić information content (AvgIpc) is 2.37. The van der Waals surface area contributed by atoms with Crippen molar-refractivity contribution < 1.29 is 14.7 Å². The molecule has 3 N–H and O–H groups in total. The zero-order valence-corrected chi connectivity index (χ0v) is 11.2. The number of nitrogens with one attached hydrogen (secondary N) is 2. The molecule has 0 spiro atoms. The largest absolute Gasteiger partial charge is 0.480 e. The Morgan fingerprint density at radius 2 is 1.79 bits per heavy atom. The molecule has 0 aliphatic heterocycles. The summed E-state index contributed by atoms with van der Waals surface area (Å²) in [5.41, 5.74) is 1.22. The molecule has 1 rings (SSSR count). The highest BCUT2D eigenvalue weighted by atomic mass is 16.4. The molecule has 1 aromatic carbocycles. The number of benzene rings is 1. The molecule has 1 aromatic rings. The Bertz CT molecular complexity index is 420. The van der Waals surface area contributed by atoms with Crippen LogP contribution in [0.2, 0.25) is 0 Å². The quantitative estimate of drug-likeness (QED) is 0.733. The van der Waals surface area contributed by atoms with Crippen LogP contribution in [0.15, 0.2) is 30.3 Å². The van der Waals surface area contributed by atoms with E-state index >= 15 is 0 Å². The number of rotatable bonds is 6. The van der Waals surface area contributed by atoms with Crippen molar-refractivity contribution in [3.63, 3.8) is 0 Å². The van der Waals surface area contributed by atoms with Crippen LogP contribution in [0.1, 0.15) is 25.8 Å². The van der Waals surface area contributed by atoms with Crippen LogP contribution in [0, 0.1) is 0 Å². The Kier molecular flexibility index (Phi) is 5.85. The van der Waals surface area contributed by atoms with E-state index in [0.717, 1.165) is 12.8 Å². The number of hydrogen-bond acceptors (Lipinski definition) is 2. The molecule has 0 aromatic heterocycles. The van der Waals surface area contributed by atoms with Crippen LogP contribution in [0.25, 0.3) is 0 Å². The lowest BCUT2D eigenvalue weighted by atomic mass is 10.1. The van der Waals surface area contributed by atoms with Gasteiger partial charge in [0.25, 0.3) is 0 Å². The number of carboxylic acid groups (broad SMARTS) is 1. The summed E-state index contributed by atoms with van der Waals surface area (Å²) in [4.78, 5) is 22.1. The third-order valence-corrected chi connectivity index (χ3v) is 2.80. The van der Waals surface area contributed by atoms with Gasteiger partial charge in [-0.3, -0.25) is 4.79 Å². The molecule has 0 aliphatic rings. The Morgan fingerprint density at radius 3 is 2.37 bits per heavy atom. The third kappa shape index (κ3) is 5.90. The SMILES string of the molecule is CC(CCc1ccccc1)NC(=O)N[C@@H](C)C(=O)O. The summed E-state index contributed by atoms with van der Waals surface area (Å²) < 4.78 is 0. The first-order valence-corrected chi connectivity index (χ1v) is 6.33. The molecule has 0 radical (unpaired) electrons. The van der Waals surface area contributed by atoms with Gasteiger partial charge in [-0.1, -0.05) is 30.3 Å². The van der Waals surface area contributed by atoms with Gasteiger partial charge in [0, 0.05) is 6.04 Å². The molecule has 0 heterocycles. The number of aliphatic carboxylic acids is 1. The molecule has 5 heteroatoms. The molecule has 1 unspecified atom stereocenters. The lowest BCUT2D eigenvalue weighted by molar-refractivity contribution is -0.138. The van der Waals surface area contributed by atoms with Crippen LogP contribution in [0.3, 0.4) is 0 Å². The average molecular weight is 264 g/mol. The van der Waals surface area contributed by atoms with Gasteiger partial charge in [0.05, 0.1) is 0 Å². The summed E-state index contributed by atoms with van der Waals surface area (Å²) in [6, 6.07) is 8.66. The van der Waals surface area contributed by atoms with E-state index in [1.807, 2.05) is 37.3 Å². The van der Waals surface area contributed by atoms with Gasteiger partial charge < -0.3 is 15.7 Å². The fourth-order valence-electron chi connectivity index (χ4n) is 1.62. The van der Waals surface area contributed by atoms with Crippen molar-refractivity contribution in [1.29, 1.82) is 0 Å². The van der Waals surface area contributed by atoms with Crippen molar-refractivity contribution in [3.05, 3.63) is 35.9 Å². The monoisotopic (exact) mass is 264 g/mol. The second-order valence-electron chi connectivity index (χ2n) is 4.60. The number of hydrogen-bond donors (Lipinski definition) is 3. The van der Waals surface area contributed by atoms with Gasteiger partial charge in [-0.05, 0) is 32.3 Å². The molecule has 0 saturated heterocycles. The second kappa shape index (κ2) is 7.41. The standard InChI is InChI=1S/C14H20N2O3/c1-10(8-9-12-6-4-3-5-7-12)15-14(19)16-11(2)13(17)18/h3-7,10-11H,8-9H2,1-2H3,(H,17,18)(H2,15,16,19)/t10?,11-/m0/s1. The third-order valence-electron chi connectivity index (χ3n) is 2.80. The van der Waals surface area contributed by atoms with E-state index in [2.05, 4.69) is 10.6 Å². The van der Waals surface area contributed by atoms with Crippen LogP contribution >= 0.6 is 0 Å². The van der Waals surface area contributed by atoms with Crippen molar-refractivity contribution in [2.45, 2.75) is 38.8 Å². The summed E-state index contributed by atoms with van der Waals surface area (Å²) >= 11 is 0. The lowest BCUT2D eigenvalue weighted by Gasteiger charge is -2.16. The Hall–Kier alpha value is -2.04. The maximum absolute atomic E-state index is 11.5. The van der Waals surface area contributed by atoms with Gasteiger partial charge in [0.1, 0.15) is 6.04 Å². The summed E-state index contributed by atoms with van der Waals surface area (Å²) in [5, 5.41) is 13.8. The summed E-state index contributed by atoms with van der Waals surface area (Å²) in [7, 11) is 0. The predicted molar refractivity (Wildman–Crippen MR) is 73.0 cm³/mol. The predicted octanol–water partition coefficient (Wildman–Crippen LogP) is 1.78. The molecule has 2 amide bonds. The van der Waals surface area contributed by atoms with Crippen molar-refractivity contribution in [1.82, 2.24) is 10.6 Å². The van der Waals surface area contributed by atoms with Crippen LogP contribution in [0.4, 0.5) is 4.79 Å². The fourth-order valence-corrected chi connectivity index (χ4v) is 1.62. The molecule has 2 atom stereocenters. The van der Waals surface area contributed by atoms with E-state index < -0.39 is 18.0 Å². The number of carbonyl (C=O) groups is 2. The van der Waals surface area contributed by atoms with Crippen LogP contribution < -0.4 is 10.6 Å². The smallest absolute Gasteiger partial charge is 0.325 e. The summed E-state index contributed by atoms with van der Waals surface area (Å²) in [6.45, 7) is 3.32. The Labute approximate surface area is 113 Å². The minimum atomic E-state index is -1.05. The maximum Gasteiger partial charge on any atom is 0.325 e. The molecule has 0 saturated carbocycles. The van der Waals surface area contributed by atoms with E-state index in [1.54, 1.807) is 0 Å². The lowest BCUT2D eigenvalue weighted by Crippen LogP contribution is -2.47. The van der Waals surface area contributed by atoms with E-state index in [-0.39, 0.29) is 6.04 Å². The molecular formula is C14H20N2O3. The summed E-state index contributed by atoms with van der Waals surface area (Å²) in [5.74, 6) is -1.05. The van der Waals surface area contributed by atoms with Crippen molar-refractivity contribution in [2.24, 2.45) is 0 Å². The van der Waals surface area contributed by atoms with Crippen molar-refractivity contribution in [2.75, 3.05) is 0 Å². The molecule has 104 valence electrons. The maximum atomic E-state index is 11.5. The van der Waals surface area contributed by atoms with E-state index in [9.17, 15) is 9.59 Å². The van der Waals surface area contributed by atoms with Gasteiger partial charge in [-0.15, -0.1) is 0 Å². The van der Waals surface area contributed by atoms with E-state index in [1.165, 1.54) is 12.5 Å². The number of urea groups is 1. The minimum absolute atomic E-state index is 0.0128. The van der Waals surface area contributed by atoms with Gasteiger partial charge in [-0.25, -0.2) is 4.79 Å². The van der Waals surface area contributed by atoms with Gasteiger partial charge in [-0.2, -0.15) is 0 Å². The van der Waals surface area contributed by atoms with Gasteiger partial charge in [0.2, 0.25) is 0 Å². The normalized spacial score (nSPS) is 13.4. The fraction of sp³-hybridized carbons (Fsp3) is 0.429. The minimum Gasteiger partial charge on any atom is -0.480 e. The molecule has 0 aliphatic carbocycles. The molecule has 0 bridgehead atoms.